The van der Waals surface area contributed by atoms with Crippen molar-refractivity contribution in [1.29, 1.82) is 0 Å². The van der Waals surface area contributed by atoms with Gasteiger partial charge in [-0.2, -0.15) is 0 Å². The summed E-state index contributed by atoms with van der Waals surface area (Å²) in [5.74, 6) is 5.26. The van der Waals surface area contributed by atoms with Gasteiger partial charge in [-0.25, -0.2) is 8.42 Å². The van der Waals surface area contributed by atoms with Gasteiger partial charge in [0.1, 0.15) is 6.61 Å². The first-order valence-corrected chi connectivity index (χ1v) is 6.97. The first-order valence-electron chi connectivity index (χ1n) is 5.48. The maximum absolute atomic E-state index is 11.9. The van der Waals surface area contributed by atoms with Gasteiger partial charge in [0.15, 0.2) is 0 Å². The van der Waals surface area contributed by atoms with Crippen LogP contribution < -0.4 is 4.72 Å². The maximum Gasteiger partial charge on any atom is 0.237 e. The first kappa shape index (κ1) is 14.6. The third kappa shape index (κ3) is 3.76. The fourth-order valence-electron chi connectivity index (χ4n) is 1.07. The van der Waals surface area contributed by atoms with E-state index in [1.54, 1.807) is 45.0 Å². The normalized spacial score (nSPS) is 11.6. The number of sulfonamides is 1. The molecule has 0 amide bonds. The minimum atomic E-state index is -3.41. The molecule has 0 radical (unpaired) electrons. The molecule has 1 rings (SSSR count). The third-order valence-corrected chi connectivity index (χ3v) is 4.37. The molecule has 0 saturated carbocycles. The van der Waals surface area contributed by atoms with Crippen molar-refractivity contribution in [1.82, 2.24) is 0 Å². The Morgan fingerprint density at radius 3 is 2.22 bits per heavy atom. The van der Waals surface area contributed by atoms with Crippen LogP contribution in [0.4, 0.5) is 5.69 Å². The highest BCUT2D eigenvalue weighted by Crippen LogP contribution is 2.19. The Labute approximate surface area is 108 Å². The van der Waals surface area contributed by atoms with Crippen molar-refractivity contribution in [2.24, 2.45) is 0 Å². The van der Waals surface area contributed by atoms with Gasteiger partial charge in [0.05, 0.1) is 4.75 Å². The lowest BCUT2D eigenvalue weighted by atomic mass is 10.2. The molecule has 1 aromatic carbocycles. The molecular weight excluding hydrogens is 250 g/mol. The van der Waals surface area contributed by atoms with Crippen molar-refractivity contribution in [2.75, 3.05) is 11.3 Å². The predicted octanol–water partition coefficient (Wildman–Crippen LogP) is 1.57. The standard InChI is InChI=1S/C13H17NO3S/c1-13(2,3)18(16,17)14-12-8-6-11(7-9-12)5-4-10-15/h6-9,14-15H,10H2,1-3H3. The van der Waals surface area contributed by atoms with E-state index < -0.39 is 14.8 Å². The number of anilines is 1. The highest BCUT2D eigenvalue weighted by Gasteiger charge is 2.28. The van der Waals surface area contributed by atoms with Crippen LogP contribution in [0.25, 0.3) is 0 Å². The molecule has 0 aromatic heterocycles. The van der Waals surface area contributed by atoms with E-state index in [1.165, 1.54) is 0 Å². The van der Waals surface area contributed by atoms with Gasteiger partial charge in [-0.05, 0) is 45.0 Å². The van der Waals surface area contributed by atoms with Crippen LogP contribution in [-0.2, 0) is 10.0 Å². The Bertz CT molecular complexity index is 557. The van der Waals surface area contributed by atoms with E-state index in [0.29, 0.717) is 5.69 Å². The van der Waals surface area contributed by atoms with Gasteiger partial charge < -0.3 is 5.11 Å². The van der Waals surface area contributed by atoms with E-state index >= 15 is 0 Å². The monoisotopic (exact) mass is 267 g/mol. The quantitative estimate of drug-likeness (QED) is 0.799. The van der Waals surface area contributed by atoms with Crippen LogP contribution in [0.5, 0.6) is 0 Å². The summed E-state index contributed by atoms with van der Waals surface area (Å²) in [6, 6.07) is 6.68. The zero-order valence-electron chi connectivity index (χ0n) is 10.7. The van der Waals surface area contributed by atoms with Crippen LogP contribution in [0, 0.1) is 11.8 Å². The van der Waals surface area contributed by atoms with E-state index in [-0.39, 0.29) is 6.61 Å². The number of aliphatic hydroxyl groups is 1. The zero-order valence-corrected chi connectivity index (χ0v) is 11.5. The smallest absolute Gasteiger partial charge is 0.237 e. The summed E-state index contributed by atoms with van der Waals surface area (Å²) in [5, 5.41) is 8.56. The fourth-order valence-corrected chi connectivity index (χ4v) is 1.82. The molecule has 0 aliphatic rings. The summed E-state index contributed by atoms with van der Waals surface area (Å²) >= 11 is 0. The largest absolute Gasteiger partial charge is 0.384 e. The van der Waals surface area contributed by atoms with Crippen molar-refractivity contribution in [3.63, 3.8) is 0 Å². The second-order valence-corrected chi connectivity index (χ2v) is 7.19. The number of rotatable bonds is 2. The Balaban J connectivity index is 2.89. The molecule has 98 valence electrons. The van der Waals surface area contributed by atoms with E-state index in [0.717, 1.165) is 5.56 Å². The molecule has 18 heavy (non-hydrogen) atoms. The third-order valence-electron chi connectivity index (χ3n) is 2.26. The topological polar surface area (TPSA) is 66.4 Å². The molecule has 0 spiro atoms. The van der Waals surface area contributed by atoms with E-state index in [2.05, 4.69) is 16.6 Å². The zero-order chi connectivity index (χ0) is 13.8. The Morgan fingerprint density at radius 2 is 1.78 bits per heavy atom. The van der Waals surface area contributed by atoms with Gasteiger partial charge in [-0.1, -0.05) is 11.8 Å². The van der Waals surface area contributed by atoms with E-state index in [9.17, 15) is 8.42 Å². The van der Waals surface area contributed by atoms with Crippen molar-refractivity contribution < 1.29 is 13.5 Å². The lowest BCUT2D eigenvalue weighted by molar-refractivity contribution is 0.350. The number of nitrogens with one attached hydrogen (secondary N) is 1. The SMILES string of the molecule is CC(C)(C)S(=O)(=O)Nc1ccc(C#CCO)cc1. The highest BCUT2D eigenvalue weighted by molar-refractivity contribution is 7.94. The number of aliphatic hydroxyl groups excluding tert-OH is 1. The van der Waals surface area contributed by atoms with Crippen LogP contribution in [0.3, 0.4) is 0 Å². The molecule has 0 saturated heterocycles. The number of hydrogen-bond acceptors (Lipinski definition) is 3. The van der Waals surface area contributed by atoms with Gasteiger partial charge in [0, 0.05) is 11.3 Å². The minimum absolute atomic E-state index is 0.196. The molecule has 5 heteroatoms. The average Bonchev–Trinajstić information content (AvgIpc) is 2.26. The number of benzene rings is 1. The Hall–Kier alpha value is -1.51. The molecule has 0 fully saturated rings. The van der Waals surface area contributed by atoms with Crippen molar-refractivity contribution in [3.8, 4) is 11.8 Å². The van der Waals surface area contributed by atoms with Crippen molar-refractivity contribution >= 4 is 15.7 Å². The maximum atomic E-state index is 11.9. The summed E-state index contributed by atoms with van der Waals surface area (Å²) in [5.41, 5.74) is 1.22. The molecule has 1 aromatic rings. The first-order chi connectivity index (χ1) is 8.26. The average molecular weight is 267 g/mol. The second kappa shape index (κ2) is 5.42. The molecule has 0 aliphatic heterocycles. The van der Waals surface area contributed by atoms with Gasteiger partial charge >= 0.3 is 0 Å². The molecule has 0 unspecified atom stereocenters. The second-order valence-electron chi connectivity index (χ2n) is 4.76. The van der Waals surface area contributed by atoms with E-state index in [1.807, 2.05) is 0 Å². The van der Waals surface area contributed by atoms with E-state index in [4.69, 9.17) is 5.11 Å². The van der Waals surface area contributed by atoms with Gasteiger partial charge in [0.25, 0.3) is 0 Å². The summed E-state index contributed by atoms with van der Waals surface area (Å²) in [6.45, 7) is 4.71. The lowest BCUT2D eigenvalue weighted by Crippen LogP contribution is -2.33. The molecule has 0 heterocycles. The molecular formula is C13H17NO3S. The van der Waals surface area contributed by atoms with Crippen molar-refractivity contribution in [2.45, 2.75) is 25.5 Å². The summed E-state index contributed by atoms with van der Waals surface area (Å²) < 4.78 is 25.5. The number of hydrogen-bond donors (Lipinski definition) is 2. The molecule has 0 aliphatic carbocycles. The van der Waals surface area contributed by atoms with Crippen LogP contribution in [0.1, 0.15) is 26.3 Å². The summed E-state index contributed by atoms with van der Waals surface area (Å²) in [7, 11) is -3.41. The minimum Gasteiger partial charge on any atom is -0.384 e. The van der Waals surface area contributed by atoms with Crippen molar-refractivity contribution in [3.05, 3.63) is 29.8 Å². The molecule has 2 N–H and O–H groups in total. The van der Waals surface area contributed by atoms with Crippen LogP contribution in [0.15, 0.2) is 24.3 Å². The van der Waals surface area contributed by atoms with Crippen LogP contribution >= 0.6 is 0 Å². The van der Waals surface area contributed by atoms with Crippen LogP contribution in [0.2, 0.25) is 0 Å². The highest BCUT2D eigenvalue weighted by atomic mass is 32.2. The molecule has 0 bridgehead atoms. The Morgan fingerprint density at radius 1 is 1.22 bits per heavy atom. The van der Waals surface area contributed by atoms with Gasteiger partial charge in [0.2, 0.25) is 10.0 Å². The molecule has 0 atom stereocenters. The fraction of sp³-hybridized carbons (Fsp3) is 0.385. The van der Waals surface area contributed by atoms with Crippen LogP contribution in [-0.4, -0.2) is 24.9 Å². The predicted molar refractivity (Wildman–Crippen MR) is 72.7 cm³/mol. The summed E-state index contributed by atoms with van der Waals surface area (Å²) in [4.78, 5) is 0. The van der Waals surface area contributed by atoms with Gasteiger partial charge in [-0.3, -0.25) is 4.72 Å². The Kier molecular flexibility index (Phi) is 4.38. The molecule has 4 nitrogen and oxygen atoms in total. The lowest BCUT2D eigenvalue weighted by Gasteiger charge is -2.20. The van der Waals surface area contributed by atoms with Gasteiger partial charge in [-0.15, -0.1) is 0 Å². The summed E-state index contributed by atoms with van der Waals surface area (Å²) in [6.07, 6.45) is 0.